The number of halogens is 24. The van der Waals surface area contributed by atoms with Gasteiger partial charge in [-0.15, -0.1) is 0 Å². The number of fused-ring (bicyclic) bond motifs is 4. The Bertz CT molecular complexity index is 2970. The van der Waals surface area contributed by atoms with Crippen molar-refractivity contribution in [2.24, 2.45) is 0 Å². The van der Waals surface area contributed by atoms with Gasteiger partial charge in [0.1, 0.15) is 22.3 Å². The molecule has 0 saturated carbocycles. The molecule has 2 aromatic heterocycles. The second kappa shape index (κ2) is 15.7. The molecule has 369 valence electrons. The van der Waals surface area contributed by atoms with Gasteiger partial charge in [-0.2, -0.15) is 101 Å². The highest BCUT2D eigenvalue weighted by atomic mass is 127. The molecule has 0 N–H and O–H groups in total. The summed E-state index contributed by atoms with van der Waals surface area (Å²) in [7, 11) is 0. The predicted octanol–water partition coefficient (Wildman–Crippen LogP) is 9.24. The van der Waals surface area contributed by atoms with Crippen molar-refractivity contribution in [1.82, 2.24) is 0 Å². The Morgan fingerprint density at radius 1 is 0.382 bits per heavy atom. The molecule has 0 spiro atoms. The zero-order chi connectivity index (χ0) is 51.6. The lowest BCUT2D eigenvalue weighted by molar-refractivity contribution is -1.04. The first-order chi connectivity index (χ1) is 30.7. The minimum atomic E-state index is -9.63. The van der Waals surface area contributed by atoms with Crippen LogP contribution in [0.15, 0.2) is 103 Å². The third-order valence-corrected chi connectivity index (χ3v) is 14.2. The zero-order valence-corrected chi connectivity index (χ0v) is 33.8. The molecule has 0 unspecified atom stereocenters. The van der Waals surface area contributed by atoms with Crippen LogP contribution in [0, 0.1) is 7.14 Å². The Balaban J connectivity index is 1.45. The zero-order valence-electron chi connectivity index (χ0n) is 31.6. The van der Waals surface area contributed by atoms with E-state index in [1.807, 2.05) is 0 Å². The maximum absolute atomic E-state index is 15.4. The molecule has 0 saturated heterocycles. The highest BCUT2D eigenvalue weighted by Gasteiger charge is 2.99. The van der Waals surface area contributed by atoms with Crippen LogP contribution in [-0.4, -0.2) is 71.4 Å². The van der Waals surface area contributed by atoms with Crippen LogP contribution in [0.5, 0.6) is 0 Å². The van der Waals surface area contributed by atoms with E-state index < -0.39 is 120 Å². The fourth-order valence-corrected chi connectivity index (χ4v) is 10.1. The molecule has 0 bridgehead atoms. The van der Waals surface area contributed by atoms with E-state index >= 15 is 17.6 Å². The lowest BCUT2D eigenvalue weighted by Gasteiger charge is -2.44. The third-order valence-electron chi connectivity index (χ3n) is 9.78. The normalized spacial score (nSPS) is 14.7. The maximum atomic E-state index is 15.4. The van der Waals surface area contributed by atoms with Gasteiger partial charge in [-0.1, -0.05) is 24.3 Å². The van der Waals surface area contributed by atoms with Crippen LogP contribution < -0.4 is 31.1 Å². The van der Waals surface area contributed by atoms with Gasteiger partial charge in [0.25, 0.3) is 0 Å². The second-order valence-electron chi connectivity index (χ2n) is 14.0. The smallest absolute Gasteiger partial charge is 0.456 e. The van der Waals surface area contributed by atoms with E-state index in [9.17, 15) is 97.8 Å². The first kappa shape index (κ1) is 51.8. The first-order valence-electron chi connectivity index (χ1n) is 17.4. The summed E-state index contributed by atoms with van der Waals surface area (Å²) in [5.74, 6) is -95.5. The minimum absolute atomic E-state index is 0.0886. The summed E-state index contributed by atoms with van der Waals surface area (Å²) in [6, 6.07) is 14.7. The fraction of sp³-hybridized carbons (Fsp3) is 0.289. The minimum Gasteiger partial charge on any atom is -0.456 e. The molecular formula is C38H14F23IO6+. The Labute approximate surface area is 365 Å². The molecule has 6 aromatic rings. The van der Waals surface area contributed by atoms with Crippen molar-refractivity contribution in [1.29, 1.82) is 0 Å². The van der Waals surface area contributed by atoms with Crippen molar-refractivity contribution < 1.29 is 138 Å². The molecule has 30 heteroatoms. The summed E-state index contributed by atoms with van der Waals surface area (Å²) in [6.45, 7) is 0. The average molecular weight is 1130 g/mol. The standard InChI is InChI=1S/C38H14F23IO6/c39-28(40,29(41,42)30(43,44)31(45,46)32(47,48)33(49,50)34(51,52)35(53,54)36(55,56)37(57,58)38(59,60)61)27(65)68-62(15-9-11-23-19(13-15)25(63)17-5-1-3-7-21(17)66-23)16-10-12-24-20(14-16)26(64)18-6-2-4-8-22(18)67-24/h1-14H/q+1. The van der Waals surface area contributed by atoms with E-state index in [1.54, 1.807) is 0 Å². The van der Waals surface area contributed by atoms with E-state index in [1.165, 1.54) is 48.5 Å². The van der Waals surface area contributed by atoms with Crippen LogP contribution in [-0.2, 0) is 7.86 Å². The highest BCUT2D eigenvalue weighted by Crippen LogP contribution is 2.67. The van der Waals surface area contributed by atoms with Crippen LogP contribution >= 0.6 is 0 Å². The number of hydrogen-bond acceptors (Lipinski definition) is 6. The summed E-state index contributed by atoms with van der Waals surface area (Å²) >= 11 is -5.18. The van der Waals surface area contributed by atoms with Gasteiger partial charge < -0.3 is 8.83 Å². The summed E-state index contributed by atoms with van der Waals surface area (Å²) in [5.41, 5.74) is -2.82. The monoisotopic (exact) mass is 1130 g/mol. The van der Waals surface area contributed by atoms with Crippen molar-refractivity contribution in [3.8, 4) is 0 Å². The van der Waals surface area contributed by atoms with E-state index in [-0.39, 0.29) is 33.1 Å². The molecule has 0 fully saturated rings. The Kier molecular flexibility index (Phi) is 12.0. The van der Waals surface area contributed by atoms with Gasteiger partial charge in [0.2, 0.25) is 10.9 Å². The SMILES string of the molecule is O=C(O[I+](c1ccc2oc3ccccc3c(=O)c2c1)c1ccc2oc3ccccc3c(=O)c2c1)C(F)(F)C(F)(F)C(F)(F)C(F)(F)C(F)(F)C(F)(F)C(F)(F)C(F)(F)C(F)(F)C(F)(F)C(F)(F)F. The second-order valence-corrected chi connectivity index (χ2v) is 18.3. The molecule has 2 heterocycles. The van der Waals surface area contributed by atoms with E-state index in [2.05, 4.69) is 3.07 Å². The summed E-state index contributed by atoms with van der Waals surface area (Å²) in [6.07, 6.45) is -8.20. The number of rotatable bonds is 13. The third kappa shape index (κ3) is 7.01. The van der Waals surface area contributed by atoms with Crippen LogP contribution in [0.4, 0.5) is 101 Å². The number of para-hydroxylation sites is 2. The topological polar surface area (TPSA) is 86.7 Å². The predicted molar refractivity (Wildman–Crippen MR) is 179 cm³/mol. The number of carbonyl (C=O) groups excluding carboxylic acids is 1. The molecular weight excluding hydrogens is 1120 g/mol. The Morgan fingerprint density at radius 3 is 1.01 bits per heavy atom. The maximum Gasteiger partial charge on any atom is 0.460 e. The average Bonchev–Trinajstić information content (AvgIpc) is 3.24. The van der Waals surface area contributed by atoms with Gasteiger partial charge in [0.05, 0.1) is 21.5 Å². The largest absolute Gasteiger partial charge is 0.460 e. The van der Waals surface area contributed by atoms with Gasteiger partial charge in [-0.25, -0.2) is 7.86 Å². The van der Waals surface area contributed by atoms with Gasteiger partial charge in [0.15, 0.2) is 7.14 Å². The van der Waals surface area contributed by atoms with Gasteiger partial charge >= 0.3 is 91.6 Å². The van der Waals surface area contributed by atoms with Crippen LogP contribution in [0.1, 0.15) is 0 Å². The molecule has 1 radical (unpaired) electrons. The molecule has 0 amide bonds. The van der Waals surface area contributed by atoms with Gasteiger partial charge in [0, 0.05) is 12.1 Å². The van der Waals surface area contributed by atoms with Crippen LogP contribution in [0.3, 0.4) is 0 Å². The summed E-state index contributed by atoms with van der Waals surface area (Å²) in [4.78, 5) is 39.7. The molecule has 4 aromatic carbocycles. The van der Waals surface area contributed by atoms with Gasteiger partial charge in [-0.05, 0) is 48.5 Å². The van der Waals surface area contributed by atoms with E-state index in [4.69, 9.17) is 8.83 Å². The van der Waals surface area contributed by atoms with E-state index in [0.717, 1.165) is 24.3 Å². The quantitative estimate of drug-likeness (QED) is 0.0652. The van der Waals surface area contributed by atoms with Crippen molar-refractivity contribution in [2.75, 3.05) is 0 Å². The molecule has 0 aliphatic heterocycles. The summed E-state index contributed by atoms with van der Waals surface area (Å²) < 4.78 is 338. The Hall–Kier alpha value is -5.59. The first-order valence-corrected chi connectivity index (χ1v) is 20.4. The van der Waals surface area contributed by atoms with Crippen LogP contribution in [0.2, 0.25) is 0 Å². The number of alkyl halides is 23. The lowest BCUT2D eigenvalue weighted by atomic mass is 9.85. The van der Waals surface area contributed by atoms with Crippen molar-refractivity contribution >= 4 is 49.8 Å². The summed E-state index contributed by atoms with van der Waals surface area (Å²) in [5, 5.41) is -1.54. The molecule has 6 rings (SSSR count). The number of carbonyl (C=O) groups is 1. The molecule has 68 heavy (non-hydrogen) atoms. The van der Waals surface area contributed by atoms with Crippen molar-refractivity contribution in [3.05, 3.63) is 113 Å². The number of hydrogen-bond donors (Lipinski definition) is 0. The van der Waals surface area contributed by atoms with E-state index in [0.29, 0.717) is 12.1 Å². The van der Waals surface area contributed by atoms with Crippen LogP contribution in [0.25, 0.3) is 43.9 Å². The Morgan fingerprint density at radius 2 is 0.676 bits per heavy atom. The molecule has 0 aliphatic carbocycles. The molecule has 6 nitrogen and oxygen atoms in total. The molecule has 0 aliphatic rings. The van der Waals surface area contributed by atoms with Crippen molar-refractivity contribution in [2.45, 2.75) is 65.4 Å². The molecule has 0 atom stereocenters. The fourth-order valence-electron chi connectivity index (χ4n) is 5.98. The lowest BCUT2D eigenvalue weighted by Crippen LogP contribution is -3.85. The highest BCUT2D eigenvalue weighted by molar-refractivity contribution is 5.90. The van der Waals surface area contributed by atoms with Gasteiger partial charge in [-0.3, -0.25) is 9.59 Å². The number of benzene rings is 4. The van der Waals surface area contributed by atoms with Crippen molar-refractivity contribution in [3.63, 3.8) is 0 Å².